The van der Waals surface area contributed by atoms with Crippen LogP contribution in [0.25, 0.3) is 0 Å². The van der Waals surface area contributed by atoms with Crippen LogP contribution in [-0.4, -0.2) is 382 Å². The highest BCUT2D eigenvalue weighted by atomic mass is 16.7. The molecule has 0 radical (unpaired) electrons. The standard InChI is InChI=1S/C80H143N11O32/c1-51(2)119-47-56-42-91(41-55(43-92)120-56)67(106)25-11-9-7-6-8-10-24-66(105)90-80(48-113-38-26-63(102)84-32-18-29-81-60(99)21-12-15-35-116-77-68(87-52(3)96)74(110)71(107)57(44-93)121-77,49-114-39-27-64(103)85-33-19-30-82-61(100)22-13-16-36-117-78-69(88-53(4)97)75(111)72(108)58(45-94)122-78)50-115-40-28-65(104)86-34-20-31-83-62(101)23-14-17-37-118-79-70(89-54(5)98)76(112)73(109)59(46-95)123-79/h51,55-59,68-79,92-95,107-112H,6-50H2,1-5H3,(H,81,99)(H,82,100)(H,83,101)(H,84,102)(H,85,103)(H,86,104)(H,87,96)(H,88,97)(H,89,98)(H,90,105)/t55-,56-,57?,58?,59?,68?,69?,70?,71?,72?,73?,74?,75?,76?,77?,78?,79?,80?/m0/s1. The predicted molar refractivity (Wildman–Crippen MR) is 435 cm³/mol. The fraction of sp³-hybridized carbons (Fsp3) is 0.863. The molecule has 4 rings (SSSR count). The van der Waals surface area contributed by atoms with E-state index in [9.17, 15) is 104 Å². The van der Waals surface area contributed by atoms with Gasteiger partial charge >= 0.3 is 0 Å². The summed E-state index contributed by atoms with van der Waals surface area (Å²) in [5, 5.41) is 128. The number of carbonyl (C=O) groups excluding carboxylic acids is 11. The molecule has 4 aliphatic heterocycles. The van der Waals surface area contributed by atoms with Crippen molar-refractivity contribution >= 4 is 65.0 Å². The highest BCUT2D eigenvalue weighted by Gasteiger charge is 2.48. The first kappa shape index (κ1) is 109. The molecule has 123 heavy (non-hydrogen) atoms. The summed E-state index contributed by atoms with van der Waals surface area (Å²) in [7, 11) is 0. The molecule has 0 spiro atoms. The smallest absolute Gasteiger partial charge is 0.222 e. The van der Waals surface area contributed by atoms with Gasteiger partial charge in [0.05, 0.1) is 91.0 Å². The molecule has 0 bridgehead atoms. The highest BCUT2D eigenvalue weighted by Crippen LogP contribution is 2.27. The van der Waals surface area contributed by atoms with Crippen LogP contribution in [0.5, 0.6) is 0 Å². The van der Waals surface area contributed by atoms with Crippen LogP contribution in [0.15, 0.2) is 0 Å². The van der Waals surface area contributed by atoms with E-state index < -0.39 is 147 Å². The molecule has 0 aromatic rings. The minimum Gasteiger partial charge on any atom is -0.394 e. The summed E-state index contributed by atoms with van der Waals surface area (Å²) in [5.41, 5.74) is -1.45. The molecule has 20 N–H and O–H groups in total. The summed E-state index contributed by atoms with van der Waals surface area (Å²) in [6.45, 7) is 6.69. The summed E-state index contributed by atoms with van der Waals surface area (Å²) in [6, 6.07) is -3.31. The number of nitrogens with one attached hydrogen (secondary N) is 10. The van der Waals surface area contributed by atoms with Gasteiger partial charge in [-0.2, -0.15) is 0 Å². The molecule has 4 aliphatic rings. The van der Waals surface area contributed by atoms with Crippen molar-refractivity contribution in [1.82, 2.24) is 58.1 Å². The minimum atomic E-state index is -1.47. The molecule has 43 nitrogen and oxygen atoms in total. The Hall–Kier alpha value is -6.67. The van der Waals surface area contributed by atoms with E-state index in [4.69, 9.17) is 52.1 Å². The van der Waals surface area contributed by atoms with E-state index in [2.05, 4.69) is 53.2 Å². The van der Waals surface area contributed by atoms with Gasteiger partial charge in [-0.3, -0.25) is 52.7 Å². The number of hydrogen-bond donors (Lipinski definition) is 20. The second-order valence-electron chi connectivity index (χ2n) is 31.5. The lowest BCUT2D eigenvalue weighted by Gasteiger charge is -2.42. The van der Waals surface area contributed by atoms with Crippen LogP contribution in [0.4, 0.5) is 0 Å². The lowest BCUT2D eigenvalue weighted by Crippen LogP contribution is -2.64. The number of morpholine rings is 1. The number of amides is 11. The average Bonchev–Trinajstić information content (AvgIpc) is 0.823. The Labute approximate surface area is 719 Å². The lowest BCUT2D eigenvalue weighted by atomic mass is 9.97. The maximum atomic E-state index is 14.1. The van der Waals surface area contributed by atoms with Crippen molar-refractivity contribution < 1.29 is 156 Å². The molecule has 15 unspecified atom stereocenters. The molecule has 0 aliphatic carbocycles. The van der Waals surface area contributed by atoms with Crippen LogP contribution >= 0.6 is 0 Å². The molecule has 710 valence electrons. The van der Waals surface area contributed by atoms with Crippen LogP contribution in [0.2, 0.25) is 0 Å². The van der Waals surface area contributed by atoms with E-state index in [1.54, 1.807) is 4.90 Å². The quantitative estimate of drug-likeness (QED) is 0.0253. The SMILES string of the molecule is CC(=O)NC1C(OCCCCC(=O)NCCCNC(=O)CCOCC(COCCC(=O)NCCCNC(=O)CCCCOC2OC(CO)C(O)C(O)C2NC(C)=O)(COCCC(=O)NCCCNC(=O)CCCCOC2OC(CO)C(O)C(O)C2NC(C)=O)NC(=O)CCCCCCCCC(=O)N2C[C@@H](CO)O[C@H](COC(C)C)C2)OC(CO)C(O)C1O. The Bertz CT molecular complexity index is 2820. The van der Waals surface area contributed by atoms with E-state index >= 15 is 0 Å². The maximum absolute atomic E-state index is 14.1. The fourth-order valence-electron chi connectivity index (χ4n) is 13.7. The molecule has 0 aromatic heterocycles. The molecular weight excluding hydrogens is 1630 g/mol. The van der Waals surface area contributed by atoms with Crippen LogP contribution < -0.4 is 53.2 Å². The summed E-state index contributed by atoms with van der Waals surface area (Å²) in [6.07, 6.45) is -8.59. The Morgan fingerprint density at radius 3 is 0.976 bits per heavy atom. The molecule has 0 saturated carbocycles. The molecule has 4 heterocycles. The van der Waals surface area contributed by atoms with Gasteiger partial charge in [-0.15, -0.1) is 0 Å². The number of carbonyl (C=O) groups is 11. The first-order valence-electron chi connectivity index (χ1n) is 43.3. The number of aliphatic hydroxyl groups is 10. The van der Waals surface area contributed by atoms with Crippen molar-refractivity contribution in [3.63, 3.8) is 0 Å². The average molecular weight is 1770 g/mol. The molecule has 11 amide bonds. The largest absolute Gasteiger partial charge is 0.394 e. The van der Waals surface area contributed by atoms with Gasteiger partial charge in [0.15, 0.2) is 18.9 Å². The Balaban J connectivity index is 1.32. The lowest BCUT2D eigenvalue weighted by molar-refractivity contribution is -0.270. The van der Waals surface area contributed by atoms with Crippen LogP contribution in [0.3, 0.4) is 0 Å². The summed E-state index contributed by atoms with van der Waals surface area (Å²) in [4.78, 5) is 142. The normalized spacial score (nSPS) is 25.1. The molecule has 0 aromatic carbocycles. The van der Waals surface area contributed by atoms with E-state index in [1.165, 1.54) is 20.8 Å². The molecule has 4 saturated heterocycles. The van der Waals surface area contributed by atoms with Gasteiger partial charge in [-0.1, -0.05) is 25.7 Å². The minimum absolute atomic E-state index is 0.0241. The van der Waals surface area contributed by atoms with E-state index in [1.807, 2.05) is 13.8 Å². The van der Waals surface area contributed by atoms with Gasteiger partial charge in [0, 0.05) is 144 Å². The third kappa shape index (κ3) is 44.6. The van der Waals surface area contributed by atoms with Gasteiger partial charge < -0.3 is 161 Å². The number of rotatable bonds is 65. The number of unbranched alkanes of at least 4 members (excludes halogenated alkanes) is 8. The Morgan fingerprint density at radius 1 is 0.358 bits per heavy atom. The number of aliphatic hydroxyl groups excluding tert-OH is 10. The zero-order valence-electron chi connectivity index (χ0n) is 72.1. The highest BCUT2D eigenvalue weighted by molar-refractivity contribution is 5.79. The number of nitrogens with zero attached hydrogens (tertiary/aromatic N) is 1. The first-order chi connectivity index (χ1) is 58.9. The van der Waals surface area contributed by atoms with E-state index in [-0.39, 0.29) is 210 Å². The van der Waals surface area contributed by atoms with Crippen molar-refractivity contribution in [3.05, 3.63) is 0 Å². The van der Waals surface area contributed by atoms with E-state index in [0.717, 1.165) is 19.3 Å². The van der Waals surface area contributed by atoms with Crippen molar-refractivity contribution in [1.29, 1.82) is 0 Å². The van der Waals surface area contributed by atoms with Crippen LogP contribution in [-0.2, 0) is 105 Å². The maximum Gasteiger partial charge on any atom is 0.222 e. The van der Waals surface area contributed by atoms with Gasteiger partial charge in [-0.25, -0.2) is 0 Å². The zero-order chi connectivity index (χ0) is 90.5. The Morgan fingerprint density at radius 2 is 0.659 bits per heavy atom. The van der Waals surface area contributed by atoms with Crippen LogP contribution in [0.1, 0.15) is 182 Å². The Kier molecular flexibility index (Phi) is 55.2. The van der Waals surface area contributed by atoms with Gasteiger partial charge in [0.1, 0.15) is 78.6 Å². The molecule has 4 fully saturated rings. The molecule has 43 heteroatoms. The fourth-order valence-corrected chi connectivity index (χ4v) is 13.7. The second kappa shape index (κ2) is 62.5. The first-order valence-corrected chi connectivity index (χ1v) is 43.3. The second-order valence-corrected chi connectivity index (χ2v) is 31.5. The predicted octanol–water partition coefficient (Wildman–Crippen LogP) is -5.55. The monoisotopic (exact) mass is 1770 g/mol. The summed E-state index contributed by atoms with van der Waals surface area (Å²) >= 11 is 0. The van der Waals surface area contributed by atoms with Gasteiger partial charge in [0.2, 0.25) is 65.0 Å². The third-order valence-corrected chi connectivity index (χ3v) is 20.4. The molecule has 17 atom stereocenters. The zero-order valence-corrected chi connectivity index (χ0v) is 72.1. The van der Waals surface area contributed by atoms with Gasteiger partial charge in [0.25, 0.3) is 0 Å². The van der Waals surface area contributed by atoms with E-state index in [0.29, 0.717) is 96.6 Å². The van der Waals surface area contributed by atoms with Crippen molar-refractivity contribution in [3.8, 4) is 0 Å². The van der Waals surface area contributed by atoms with Crippen molar-refractivity contribution in [2.24, 2.45) is 0 Å². The van der Waals surface area contributed by atoms with Crippen LogP contribution in [0, 0.1) is 0 Å². The topological polar surface area (TPSA) is 615 Å². The third-order valence-electron chi connectivity index (χ3n) is 20.4. The summed E-state index contributed by atoms with van der Waals surface area (Å²) < 4.78 is 63.9. The summed E-state index contributed by atoms with van der Waals surface area (Å²) in [5.74, 6) is -3.85. The number of ether oxygens (including phenoxy) is 11. The van der Waals surface area contributed by atoms with Crippen molar-refractivity contribution in [2.75, 3.05) is 145 Å². The van der Waals surface area contributed by atoms with Crippen molar-refractivity contribution in [2.45, 2.75) is 298 Å². The molecular formula is C80H143N11O32. The number of hydrogen-bond acceptors (Lipinski definition) is 32. The van der Waals surface area contributed by atoms with Gasteiger partial charge in [-0.05, 0) is 84.5 Å².